The number of benzene rings is 4. The van der Waals surface area contributed by atoms with E-state index < -0.39 is 11.5 Å². The summed E-state index contributed by atoms with van der Waals surface area (Å²) in [6.07, 6.45) is 1.50. The molecule has 5 aromatic rings. The number of aromatic hydroxyl groups is 1. The lowest BCUT2D eigenvalue weighted by Crippen LogP contribution is -2.49. The number of halogens is 2. The first kappa shape index (κ1) is 25.0. The molecule has 0 bridgehead atoms. The number of aliphatic imine (C=N–C) groups is 1. The SMILES string of the molecule is O=C1/C(=C\c2cc(Br)cc(Br)c2O)N=C(c2ccccc2)N1n1c(-c2ccccc2)nc2ccccc2c1=O. The van der Waals surface area contributed by atoms with Gasteiger partial charge in [-0.15, -0.1) is 0 Å². The highest BCUT2D eigenvalue weighted by Gasteiger charge is 2.36. The number of fused-ring (bicyclic) bond motifs is 1. The van der Waals surface area contributed by atoms with Gasteiger partial charge in [0, 0.05) is 21.2 Å². The Morgan fingerprint density at radius 1 is 0.795 bits per heavy atom. The normalized spacial score (nSPS) is 14.3. The van der Waals surface area contributed by atoms with Crippen molar-refractivity contribution in [3.05, 3.63) is 133 Å². The highest BCUT2D eigenvalue weighted by molar-refractivity contribution is 9.11. The number of para-hydroxylation sites is 1. The quantitative estimate of drug-likeness (QED) is 0.235. The lowest BCUT2D eigenvalue weighted by Gasteiger charge is -2.23. The molecule has 9 heteroatoms. The van der Waals surface area contributed by atoms with Crippen molar-refractivity contribution in [2.24, 2.45) is 4.99 Å². The zero-order valence-corrected chi connectivity index (χ0v) is 23.3. The van der Waals surface area contributed by atoms with Crippen LogP contribution in [0.5, 0.6) is 5.75 Å². The lowest BCUT2D eigenvalue weighted by molar-refractivity contribution is -0.115. The second kappa shape index (κ2) is 10.1. The summed E-state index contributed by atoms with van der Waals surface area (Å²) in [4.78, 5) is 37.6. The number of phenols is 1. The number of hydrogen-bond acceptors (Lipinski definition) is 5. The van der Waals surface area contributed by atoms with E-state index in [0.717, 1.165) is 0 Å². The van der Waals surface area contributed by atoms with Crippen LogP contribution in [0.3, 0.4) is 0 Å². The maximum absolute atomic E-state index is 14.1. The van der Waals surface area contributed by atoms with E-state index in [1.807, 2.05) is 66.7 Å². The van der Waals surface area contributed by atoms with Gasteiger partial charge in [0.2, 0.25) is 0 Å². The monoisotopic (exact) mass is 640 g/mol. The van der Waals surface area contributed by atoms with Crippen LogP contribution in [0.4, 0.5) is 0 Å². The molecular weight excluding hydrogens is 624 g/mol. The predicted octanol–water partition coefficient (Wildman–Crippen LogP) is 6.26. The van der Waals surface area contributed by atoms with Crippen LogP contribution >= 0.6 is 31.9 Å². The Bertz CT molecular complexity index is 1880. The average Bonchev–Trinajstić information content (AvgIpc) is 3.27. The van der Waals surface area contributed by atoms with Crippen molar-refractivity contribution in [2.45, 2.75) is 0 Å². The molecule has 7 nitrogen and oxygen atoms in total. The Morgan fingerprint density at radius 2 is 1.44 bits per heavy atom. The van der Waals surface area contributed by atoms with Crippen molar-refractivity contribution in [2.75, 3.05) is 5.01 Å². The van der Waals surface area contributed by atoms with Crippen molar-refractivity contribution in [3.63, 3.8) is 0 Å². The Morgan fingerprint density at radius 3 is 2.15 bits per heavy atom. The molecule has 2 heterocycles. The van der Waals surface area contributed by atoms with Crippen molar-refractivity contribution >= 4 is 60.6 Å². The molecule has 0 spiro atoms. The van der Waals surface area contributed by atoms with Gasteiger partial charge in [0.15, 0.2) is 11.7 Å². The van der Waals surface area contributed by atoms with E-state index in [-0.39, 0.29) is 17.3 Å². The molecule has 39 heavy (non-hydrogen) atoms. The lowest BCUT2D eigenvalue weighted by atomic mass is 10.1. The molecule has 1 aliphatic heterocycles. The largest absolute Gasteiger partial charge is 0.506 e. The molecule has 0 radical (unpaired) electrons. The molecule has 0 fully saturated rings. The third-order valence-corrected chi connectivity index (χ3v) is 7.27. The molecule has 0 atom stereocenters. The van der Waals surface area contributed by atoms with Crippen LogP contribution in [0.2, 0.25) is 0 Å². The minimum Gasteiger partial charge on any atom is -0.506 e. The van der Waals surface area contributed by atoms with Gasteiger partial charge in [-0.25, -0.2) is 9.98 Å². The van der Waals surface area contributed by atoms with Gasteiger partial charge >= 0.3 is 0 Å². The summed E-state index contributed by atoms with van der Waals surface area (Å²) in [5.41, 5.74) is 1.82. The topological polar surface area (TPSA) is 87.8 Å². The first-order valence-corrected chi connectivity index (χ1v) is 13.5. The first-order chi connectivity index (χ1) is 18.9. The Balaban J connectivity index is 1.63. The second-order valence-electron chi connectivity index (χ2n) is 8.71. The van der Waals surface area contributed by atoms with Gasteiger partial charge in [-0.2, -0.15) is 9.69 Å². The molecular formula is C30H18Br2N4O3. The smallest absolute Gasteiger partial charge is 0.297 e. The summed E-state index contributed by atoms with van der Waals surface area (Å²) in [7, 11) is 0. The third-order valence-electron chi connectivity index (χ3n) is 6.21. The minimum atomic E-state index is -0.541. The Hall–Kier alpha value is -4.34. The van der Waals surface area contributed by atoms with Crippen LogP contribution in [0.25, 0.3) is 28.4 Å². The van der Waals surface area contributed by atoms with Crippen molar-refractivity contribution in [1.29, 1.82) is 0 Å². The van der Waals surface area contributed by atoms with Crippen LogP contribution in [-0.4, -0.2) is 26.5 Å². The molecule has 0 saturated carbocycles. The third kappa shape index (κ3) is 4.49. The van der Waals surface area contributed by atoms with E-state index in [1.54, 1.807) is 30.3 Å². The number of nitrogens with zero attached hydrogens (tertiary/aromatic N) is 4. The summed E-state index contributed by atoms with van der Waals surface area (Å²) >= 11 is 6.75. The molecule has 0 aliphatic carbocycles. The van der Waals surface area contributed by atoms with Crippen LogP contribution in [0.1, 0.15) is 11.1 Å². The average molecular weight is 642 g/mol. The number of amides is 1. The van der Waals surface area contributed by atoms with Crippen molar-refractivity contribution in [1.82, 2.24) is 9.66 Å². The van der Waals surface area contributed by atoms with Gasteiger partial charge in [0.05, 0.1) is 15.4 Å². The van der Waals surface area contributed by atoms with E-state index in [9.17, 15) is 14.7 Å². The summed E-state index contributed by atoms with van der Waals surface area (Å²) < 4.78 is 2.44. The molecule has 4 aromatic carbocycles. The standard InChI is InChI=1S/C30H18Br2N4O3/c31-21-15-20(26(37)23(32)17-21)16-25-30(39)36(28(34-25)19-11-5-2-6-12-19)35-27(18-9-3-1-4-10-18)33-24-14-8-7-13-22(24)29(35)38/h1-17,37H/b25-16+. The van der Waals surface area contributed by atoms with E-state index in [1.165, 1.54) is 15.8 Å². The van der Waals surface area contributed by atoms with Gasteiger partial charge < -0.3 is 5.11 Å². The van der Waals surface area contributed by atoms with Gasteiger partial charge in [-0.3, -0.25) is 9.59 Å². The number of phenolic OH excluding ortho intramolecular Hbond substituents is 1. The zero-order valence-electron chi connectivity index (χ0n) is 20.1. The van der Waals surface area contributed by atoms with Crippen LogP contribution in [0, 0.1) is 0 Å². The fourth-order valence-electron chi connectivity index (χ4n) is 4.39. The molecule has 0 saturated heterocycles. The second-order valence-corrected chi connectivity index (χ2v) is 10.5. The fourth-order valence-corrected chi connectivity index (χ4v) is 5.65. The predicted molar refractivity (Wildman–Crippen MR) is 159 cm³/mol. The van der Waals surface area contributed by atoms with E-state index in [0.29, 0.717) is 42.4 Å². The number of carbonyl (C=O) groups excluding carboxylic acids is 1. The molecule has 0 unspecified atom stereocenters. The van der Waals surface area contributed by atoms with Gasteiger partial charge in [-0.05, 0) is 46.3 Å². The molecule has 1 aromatic heterocycles. The number of amidine groups is 1. The molecule has 6 rings (SSSR count). The number of carbonyl (C=O) groups is 1. The van der Waals surface area contributed by atoms with Crippen LogP contribution in [0.15, 0.2) is 121 Å². The van der Waals surface area contributed by atoms with Crippen LogP contribution in [-0.2, 0) is 4.79 Å². The minimum absolute atomic E-state index is 0.0390. The summed E-state index contributed by atoms with van der Waals surface area (Å²) in [5, 5.41) is 12.3. The number of rotatable bonds is 4. The molecule has 1 amide bonds. The molecule has 1 N–H and O–H groups in total. The van der Waals surface area contributed by atoms with E-state index in [4.69, 9.17) is 4.98 Å². The summed E-state index contributed by atoms with van der Waals surface area (Å²) in [6, 6.07) is 28.8. The Labute approximate surface area is 239 Å². The van der Waals surface area contributed by atoms with Gasteiger partial charge in [0.1, 0.15) is 11.4 Å². The van der Waals surface area contributed by atoms with E-state index in [2.05, 4.69) is 36.9 Å². The highest BCUT2D eigenvalue weighted by Crippen LogP contribution is 2.34. The fraction of sp³-hybridized carbons (Fsp3) is 0. The molecule has 190 valence electrons. The van der Waals surface area contributed by atoms with E-state index >= 15 is 0 Å². The maximum atomic E-state index is 14.1. The number of hydrogen-bond donors (Lipinski definition) is 1. The van der Waals surface area contributed by atoms with Crippen molar-refractivity contribution in [3.8, 4) is 17.1 Å². The number of aromatic nitrogens is 2. The molecule has 1 aliphatic rings. The summed E-state index contributed by atoms with van der Waals surface area (Å²) in [5.74, 6) is -0.0222. The summed E-state index contributed by atoms with van der Waals surface area (Å²) in [6.45, 7) is 0. The Kier molecular flexibility index (Phi) is 6.46. The first-order valence-electron chi connectivity index (χ1n) is 11.9. The van der Waals surface area contributed by atoms with Crippen molar-refractivity contribution < 1.29 is 9.90 Å². The maximum Gasteiger partial charge on any atom is 0.297 e. The van der Waals surface area contributed by atoms with Gasteiger partial charge in [0.25, 0.3) is 11.5 Å². The van der Waals surface area contributed by atoms with Gasteiger partial charge in [-0.1, -0.05) is 88.7 Å². The van der Waals surface area contributed by atoms with Crippen LogP contribution < -0.4 is 10.6 Å². The highest BCUT2D eigenvalue weighted by atomic mass is 79.9. The zero-order chi connectivity index (χ0) is 27.1.